The Kier molecular flexibility index (Phi) is 12.0. The van der Waals surface area contributed by atoms with Gasteiger partial charge in [0, 0.05) is 38.3 Å². The first-order valence-corrected chi connectivity index (χ1v) is 9.30. The molecule has 0 aromatic heterocycles. The Morgan fingerprint density at radius 2 is 1.79 bits per heavy atom. The van der Waals surface area contributed by atoms with Crippen molar-refractivity contribution in [1.82, 2.24) is 10.2 Å². The zero-order chi connectivity index (χ0) is 18.9. The van der Waals surface area contributed by atoms with E-state index in [0.717, 1.165) is 56.3 Å². The summed E-state index contributed by atoms with van der Waals surface area (Å²) >= 11 is 0. The van der Waals surface area contributed by atoms with Crippen LogP contribution in [-0.4, -0.2) is 51.4 Å². The van der Waals surface area contributed by atoms with E-state index in [4.69, 9.17) is 14.2 Å². The molecule has 1 fully saturated rings. The van der Waals surface area contributed by atoms with E-state index in [2.05, 4.69) is 10.2 Å². The highest BCUT2D eigenvalue weighted by molar-refractivity contribution is 5.46. The van der Waals surface area contributed by atoms with E-state index in [9.17, 15) is 4.39 Å². The molecule has 0 spiro atoms. The quantitative estimate of drug-likeness (QED) is 0.413. The highest BCUT2D eigenvalue weighted by Gasteiger charge is 2.12. The number of halogens is 3. The average Bonchev–Trinajstić information content (AvgIpc) is 2.72. The molecule has 1 N–H and O–H groups in total. The predicted octanol–water partition coefficient (Wildman–Crippen LogP) is -3.16. The van der Waals surface area contributed by atoms with E-state index in [1.54, 1.807) is 19.2 Å². The van der Waals surface area contributed by atoms with Crippen LogP contribution in [0, 0.1) is 5.82 Å². The van der Waals surface area contributed by atoms with Gasteiger partial charge in [0.2, 0.25) is 0 Å². The van der Waals surface area contributed by atoms with E-state index < -0.39 is 0 Å². The van der Waals surface area contributed by atoms with Crippen molar-refractivity contribution in [3.8, 4) is 11.5 Å². The van der Waals surface area contributed by atoms with Crippen LogP contribution in [-0.2, 0) is 17.9 Å². The average molecular weight is 445 g/mol. The summed E-state index contributed by atoms with van der Waals surface area (Å²) in [6.07, 6.45) is 0. The third-order valence-corrected chi connectivity index (χ3v) is 4.60. The molecule has 2 aromatic rings. The highest BCUT2D eigenvalue weighted by Crippen LogP contribution is 2.31. The molecule has 1 aliphatic heterocycles. The number of ether oxygens (including phenoxy) is 3. The summed E-state index contributed by atoms with van der Waals surface area (Å²) in [6.45, 7) is 6.57. The van der Waals surface area contributed by atoms with Crippen molar-refractivity contribution in [2.75, 3.05) is 46.5 Å². The van der Waals surface area contributed by atoms with Gasteiger partial charge in [0.25, 0.3) is 0 Å². The molecule has 0 amide bonds. The lowest BCUT2D eigenvalue weighted by molar-refractivity contribution is -0.00100. The first-order valence-electron chi connectivity index (χ1n) is 9.30. The molecule has 0 radical (unpaired) electrons. The van der Waals surface area contributed by atoms with Gasteiger partial charge in [0.15, 0.2) is 11.5 Å². The van der Waals surface area contributed by atoms with Crippen molar-refractivity contribution in [2.24, 2.45) is 0 Å². The van der Waals surface area contributed by atoms with Gasteiger partial charge in [-0.1, -0.05) is 24.3 Å². The van der Waals surface area contributed by atoms with E-state index >= 15 is 0 Å². The molecule has 1 aliphatic rings. The standard InChI is InChI=1S/C21H27FN2O3.2ClH/c1-25-20-4-2-3-18(15-23-9-10-24-11-13-26-14-12-24)21(20)27-16-17-5-7-19(22)8-6-17;;/h2-8,23H,9-16H2,1H3;2*1H/p-2. The maximum atomic E-state index is 13.1. The minimum absolute atomic E-state index is 0. The van der Waals surface area contributed by atoms with Crippen molar-refractivity contribution in [2.45, 2.75) is 13.2 Å². The number of para-hydroxylation sites is 1. The second kappa shape index (κ2) is 13.6. The molecule has 162 valence electrons. The lowest BCUT2D eigenvalue weighted by Crippen LogP contribution is -3.00. The number of benzene rings is 2. The van der Waals surface area contributed by atoms with Gasteiger partial charge in [-0.15, -0.1) is 0 Å². The van der Waals surface area contributed by atoms with E-state index in [1.807, 2.05) is 18.2 Å². The van der Waals surface area contributed by atoms with Crippen LogP contribution in [0.25, 0.3) is 0 Å². The number of rotatable bonds is 9. The van der Waals surface area contributed by atoms with E-state index in [-0.39, 0.29) is 30.6 Å². The molecule has 29 heavy (non-hydrogen) atoms. The maximum absolute atomic E-state index is 13.1. The number of methoxy groups -OCH3 is 1. The lowest BCUT2D eigenvalue weighted by atomic mass is 10.1. The van der Waals surface area contributed by atoms with Crippen molar-refractivity contribution >= 4 is 0 Å². The second-order valence-electron chi connectivity index (χ2n) is 6.49. The summed E-state index contributed by atoms with van der Waals surface area (Å²) < 4.78 is 29.9. The van der Waals surface area contributed by atoms with Gasteiger partial charge < -0.3 is 44.3 Å². The molecular weight excluding hydrogens is 418 g/mol. The fourth-order valence-electron chi connectivity index (χ4n) is 3.05. The largest absolute Gasteiger partial charge is 1.00 e. The number of nitrogens with zero attached hydrogens (tertiary/aromatic N) is 1. The monoisotopic (exact) mass is 444 g/mol. The molecule has 0 aliphatic carbocycles. The molecule has 3 rings (SSSR count). The van der Waals surface area contributed by atoms with Gasteiger partial charge in [-0.05, 0) is 23.8 Å². The highest BCUT2D eigenvalue weighted by atomic mass is 35.5. The Hall–Kier alpha value is -1.57. The third-order valence-electron chi connectivity index (χ3n) is 4.60. The first kappa shape index (κ1) is 25.5. The van der Waals surface area contributed by atoms with Gasteiger partial charge in [-0.2, -0.15) is 0 Å². The smallest absolute Gasteiger partial charge is 0.166 e. The zero-order valence-corrected chi connectivity index (χ0v) is 18.0. The minimum Gasteiger partial charge on any atom is -1.00 e. The van der Waals surface area contributed by atoms with Gasteiger partial charge in [-0.25, -0.2) is 4.39 Å². The lowest BCUT2D eigenvalue weighted by Gasteiger charge is -2.26. The SMILES string of the molecule is COc1cccc(CNCCN2CCOCC2)c1OCc1ccc(F)cc1.[Cl-].[Cl-]. The molecule has 2 aromatic carbocycles. The minimum atomic E-state index is -0.249. The van der Waals surface area contributed by atoms with Crippen LogP contribution in [0.1, 0.15) is 11.1 Å². The number of hydrogen-bond donors (Lipinski definition) is 1. The summed E-state index contributed by atoms with van der Waals surface area (Å²) in [5.41, 5.74) is 1.95. The normalized spacial score (nSPS) is 13.9. The molecule has 0 bridgehead atoms. The first-order chi connectivity index (χ1) is 13.3. The topological polar surface area (TPSA) is 43.0 Å². The molecule has 1 saturated heterocycles. The number of nitrogens with one attached hydrogen (secondary N) is 1. The van der Waals surface area contributed by atoms with Crippen molar-refractivity contribution < 1.29 is 43.4 Å². The summed E-state index contributed by atoms with van der Waals surface area (Å²) in [6, 6.07) is 12.2. The fourth-order valence-corrected chi connectivity index (χ4v) is 3.05. The predicted molar refractivity (Wildman–Crippen MR) is 103 cm³/mol. The zero-order valence-electron chi connectivity index (χ0n) is 16.5. The van der Waals surface area contributed by atoms with Crippen LogP contribution >= 0.6 is 0 Å². The van der Waals surface area contributed by atoms with Crippen LogP contribution in [0.3, 0.4) is 0 Å². The number of morpholine rings is 1. The van der Waals surface area contributed by atoms with Crippen LogP contribution in [0.5, 0.6) is 11.5 Å². The van der Waals surface area contributed by atoms with Gasteiger partial charge in [0.1, 0.15) is 12.4 Å². The Morgan fingerprint density at radius 3 is 2.48 bits per heavy atom. The molecule has 0 unspecified atom stereocenters. The Morgan fingerprint density at radius 1 is 1.07 bits per heavy atom. The maximum Gasteiger partial charge on any atom is 0.166 e. The molecule has 1 heterocycles. The number of hydrogen-bond acceptors (Lipinski definition) is 5. The van der Waals surface area contributed by atoms with E-state index in [1.165, 1.54) is 12.1 Å². The summed E-state index contributed by atoms with van der Waals surface area (Å²) in [7, 11) is 1.63. The van der Waals surface area contributed by atoms with Gasteiger partial charge >= 0.3 is 0 Å². The van der Waals surface area contributed by atoms with Crippen molar-refractivity contribution in [3.05, 3.63) is 59.4 Å². The Labute approximate surface area is 184 Å². The van der Waals surface area contributed by atoms with Gasteiger partial charge in [-0.3, -0.25) is 4.90 Å². The van der Waals surface area contributed by atoms with Gasteiger partial charge in [0.05, 0.1) is 20.3 Å². The van der Waals surface area contributed by atoms with Crippen LogP contribution in [0.15, 0.2) is 42.5 Å². The van der Waals surface area contributed by atoms with Crippen molar-refractivity contribution in [1.29, 1.82) is 0 Å². The summed E-state index contributed by atoms with van der Waals surface area (Å²) in [5, 5.41) is 3.48. The third kappa shape index (κ3) is 7.99. The fraction of sp³-hybridized carbons (Fsp3) is 0.429. The molecule has 8 heteroatoms. The molecule has 0 saturated carbocycles. The summed E-state index contributed by atoms with van der Waals surface area (Å²) in [4.78, 5) is 2.40. The van der Waals surface area contributed by atoms with E-state index in [0.29, 0.717) is 18.9 Å². The second-order valence-corrected chi connectivity index (χ2v) is 6.49. The molecule has 0 atom stereocenters. The van der Waals surface area contributed by atoms with Crippen LogP contribution in [0.4, 0.5) is 4.39 Å². The van der Waals surface area contributed by atoms with Crippen molar-refractivity contribution in [3.63, 3.8) is 0 Å². The molecule has 5 nitrogen and oxygen atoms in total. The van der Waals surface area contributed by atoms with Crippen LogP contribution < -0.4 is 39.6 Å². The Balaban J connectivity index is 0.00000210. The Bertz CT molecular complexity index is 714. The van der Waals surface area contributed by atoms with Crippen LogP contribution in [0.2, 0.25) is 0 Å². The molecular formula is C21H27Cl2FN2O3-2. The summed E-state index contributed by atoms with van der Waals surface area (Å²) in [5.74, 6) is 1.17.